The van der Waals surface area contributed by atoms with Gasteiger partial charge in [-0.25, -0.2) is 13.1 Å². The van der Waals surface area contributed by atoms with Gasteiger partial charge in [-0.3, -0.25) is 4.98 Å². The first kappa shape index (κ1) is 12.9. The topological polar surface area (TPSA) is 68.3 Å². The molecule has 2 heterocycles. The molecule has 1 aliphatic heterocycles. The second-order valence-corrected chi connectivity index (χ2v) is 6.56. The zero-order valence-corrected chi connectivity index (χ0v) is 11.7. The highest BCUT2D eigenvalue weighted by molar-refractivity contribution is 9.10. The molecule has 1 fully saturated rings. The number of ether oxygens (including phenoxy) is 1. The Labute approximate surface area is 109 Å². The van der Waals surface area contributed by atoms with Crippen LogP contribution < -0.4 is 4.72 Å². The molecule has 0 amide bonds. The molecule has 2 atom stereocenters. The Hall–Kier alpha value is -0.500. The molecule has 0 saturated carbocycles. The Balaban J connectivity index is 2.19. The van der Waals surface area contributed by atoms with E-state index in [1.54, 1.807) is 6.20 Å². The first-order valence-electron chi connectivity index (χ1n) is 5.23. The normalized spacial score (nSPS) is 25.1. The number of pyridine rings is 1. The second-order valence-electron chi connectivity index (χ2n) is 3.93. The maximum Gasteiger partial charge on any atom is 0.242 e. The van der Waals surface area contributed by atoms with E-state index in [2.05, 4.69) is 25.6 Å². The largest absolute Gasteiger partial charge is 0.377 e. The van der Waals surface area contributed by atoms with Crippen molar-refractivity contribution < 1.29 is 13.2 Å². The van der Waals surface area contributed by atoms with Crippen LogP contribution in [0, 0.1) is 0 Å². The van der Waals surface area contributed by atoms with Crippen molar-refractivity contribution >= 4 is 26.0 Å². The van der Waals surface area contributed by atoms with E-state index in [1.807, 2.05) is 6.92 Å². The van der Waals surface area contributed by atoms with Gasteiger partial charge < -0.3 is 4.74 Å². The fraction of sp³-hybridized carbons (Fsp3) is 0.500. The third kappa shape index (κ3) is 3.04. The van der Waals surface area contributed by atoms with Crippen molar-refractivity contribution in [3.05, 3.63) is 22.9 Å². The van der Waals surface area contributed by atoms with Crippen LogP contribution in [0.15, 0.2) is 27.8 Å². The van der Waals surface area contributed by atoms with Crippen molar-refractivity contribution in [2.45, 2.75) is 30.4 Å². The average Bonchev–Trinajstić information content (AvgIpc) is 2.64. The molecule has 94 valence electrons. The van der Waals surface area contributed by atoms with E-state index in [4.69, 9.17) is 4.74 Å². The van der Waals surface area contributed by atoms with Gasteiger partial charge in [0.15, 0.2) is 0 Å². The number of hydrogen-bond acceptors (Lipinski definition) is 4. The fourth-order valence-electron chi connectivity index (χ4n) is 1.69. The summed E-state index contributed by atoms with van der Waals surface area (Å²) in [6.45, 7) is 2.45. The SMILES string of the molecule is CC1OCCC1NS(=O)(=O)c1cncc(Br)c1. The van der Waals surface area contributed by atoms with Crippen LogP contribution in [0.1, 0.15) is 13.3 Å². The maximum atomic E-state index is 12.1. The van der Waals surface area contributed by atoms with E-state index < -0.39 is 10.0 Å². The smallest absolute Gasteiger partial charge is 0.242 e. The van der Waals surface area contributed by atoms with Gasteiger partial charge in [-0.1, -0.05) is 0 Å². The van der Waals surface area contributed by atoms with Gasteiger partial charge in [-0.2, -0.15) is 0 Å². The zero-order valence-electron chi connectivity index (χ0n) is 9.26. The minimum atomic E-state index is -3.52. The highest BCUT2D eigenvalue weighted by Crippen LogP contribution is 2.18. The molecule has 0 aromatic carbocycles. The number of aromatic nitrogens is 1. The lowest BCUT2D eigenvalue weighted by Crippen LogP contribution is -2.39. The quantitative estimate of drug-likeness (QED) is 0.911. The summed E-state index contributed by atoms with van der Waals surface area (Å²) in [5, 5.41) is 0. The predicted octanol–water partition coefficient (Wildman–Crippen LogP) is 1.30. The molecule has 1 aromatic heterocycles. The molecular weight excluding hydrogens is 308 g/mol. The van der Waals surface area contributed by atoms with Crippen LogP contribution >= 0.6 is 15.9 Å². The molecule has 0 spiro atoms. The third-order valence-corrected chi connectivity index (χ3v) is 4.56. The molecule has 0 bridgehead atoms. The van der Waals surface area contributed by atoms with Gasteiger partial charge in [0.25, 0.3) is 0 Å². The molecule has 0 aliphatic carbocycles. The third-order valence-electron chi connectivity index (χ3n) is 2.67. The summed E-state index contributed by atoms with van der Waals surface area (Å²) in [5.41, 5.74) is 0. The van der Waals surface area contributed by atoms with Crippen LogP contribution in [0.4, 0.5) is 0 Å². The lowest BCUT2D eigenvalue weighted by Gasteiger charge is -2.16. The minimum Gasteiger partial charge on any atom is -0.377 e. The van der Waals surface area contributed by atoms with E-state index >= 15 is 0 Å². The van der Waals surface area contributed by atoms with Crippen molar-refractivity contribution in [3.8, 4) is 0 Å². The summed E-state index contributed by atoms with van der Waals surface area (Å²) in [6, 6.07) is 1.36. The van der Waals surface area contributed by atoms with Gasteiger partial charge in [0.05, 0.1) is 12.1 Å². The average molecular weight is 321 g/mol. The van der Waals surface area contributed by atoms with Crippen molar-refractivity contribution in [1.29, 1.82) is 0 Å². The van der Waals surface area contributed by atoms with Crippen LogP contribution in [0.5, 0.6) is 0 Å². The van der Waals surface area contributed by atoms with Crippen LogP contribution in [0.25, 0.3) is 0 Å². The first-order valence-corrected chi connectivity index (χ1v) is 7.51. The standard InChI is InChI=1S/C10H13BrN2O3S/c1-7-10(2-3-16-7)13-17(14,15)9-4-8(11)5-12-6-9/h4-7,10,13H,2-3H2,1H3. The van der Waals surface area contributed by atoms with Crippen molar-refractivity contribution in [2.24, 2.45) is 0 Å². The van der Waals surface area contributed by atoms with Crippen molar-refractivity contribution in [3.63, 3.8) is 0 Å². The van der Waals surface area contributed by atoms with E-state index in [1.165, 1.54) is 12.3 Å². The van der Waals surface area contributed by atoms with Crippen molar-refractivity contribution in [1.82, 2.24) is 9.71 Å². The second kappa shape index (κ2) is 5.01. The Kier molecular flexibility index (Phi) is 3.82. The minimum absolute atomic E-state index is 0.0927. The summed E-state index contributed by atoms with van der Waals surface area (Å²) in [4.78, 5) is 4.01. The van der Waals surface area contributed by atoms with Gasteiger partial charge in [0.1, 0.15) is 4.90 Å². The van der Waals surface area contributed by atoms with E-state index in [9.17, 15) is 8.42 Å². The van der Waals surface area contributed by atoms with Crippen molar-refractivity contribution in [2.75, 3.05) is 6.61 Å². The monoisotopic (exact) mass is 320 g/mol. The van der Waals surface area contributed by atoms with Gasteiger partial charge in [0, 0.05) is 23.5 Å². The van der Waals surface area contributed by atoms with Crippen LogP contribution in [-0.4, -0.2) is 32.2 Å². The summed E-state index contributed by atoms with van der Waals surface area (Å²) in [6.07, 6.45) is 3.47. The fourth-order valence-corrected chi connectivity index (χ4v) is 3.54. The molecule has 1 aliphatic rings. The number of halogens is 1. The number of nitrogens with zero attached hydrogens (tertiary/aromatic N) is 1. The van der Waals surface area contributed by atoms with Crippen LogP contribution in [0.2, 0.25) is 0 Å². The molecular formula is C10H13BrN2O3S. The summed E-state index contributed by atoms with van der Waals surface area (Å²) in [7, 11) is -3.52. The zero-order chi connectivity index (χ0) is 12.5. The van der Waals surface area contributed by atoms with Gasteiger partial charge in [-0.05, 0) is 35.3 Å². The summed E-state index contributed by atoms with van der Waals surface area (Å²) in [5.74, 6) is 0. The summed E-state index contributed by atoms with van der Waals surface area (Å²) < 4.78 is 32.7. The van der Waals surface area contributed by atoms with Crippen LogP contribution in [0.3, 0.4) is 0 Å². The lowest BCUT2D eigenvalue weighted by molar-refractivity contribution is 0.117. The van der Waals surface area contributed by atoms with Gasteiger partial charge >= 0.3 is 0 Å². The number of rotatable bonds is 3. The molecule has 5 nitrogen and oxygen atoms in total. The van der Waals surface area contributed by atoms with E-state index in [-0.39, 0.29) is 17.0 Å². The van der Waals surface area contributed by atoms with Gasteiger partial charge in [-0.15, -0.1) is 0 Å². The van der Waals surface area contributed by atoms with Crippen LogP contribution in [-0.2, 0) is 14.8 Å². The number of nitrogens with one attached hydrogen (secondary N) is 1. The molecule has 1 N–H and O–H groups in total. The Morgan fingerprint density at radius 2 is 2.29 bits per heavy atom. The predicted molar refractivity (Wildman–Crippen MR) is 66.1 cm³/mol. The Bertz CT molecular complexity index is 506. The molecule has 0 radical (unpaired) electrons. The van der Waals surface area contributed by atoms with Gasteiger partial charge in [0.2, 0.25) is 10.0 Å². The maximum absolute atomic E-state index is 12.1. The van der Waals surface area contributed by atoms with E-state index in [0.29, 0.717) is 17.5 Å². The highest BCUT2D eigenvalue weighted by atomic mass is 79.9. The highest BCUT2D eigenvalue weighted by Gasteiger charge is 2.29. The molecule has 17 heavy (non-hydrogen) atoms. The number of sulfonamides is 1. The van der Waals surface area contributed by atoms with E-state index in [0.717, 1.165) is 0 Å². The molecule has 1 aromatic rings. The molecule has 2 rings (SSSR count). The Morgan fingerprint density at radius 1 is 1.53 bits per heavy atom. The Morgan fingerprint density at radius 3 is 2.88 bits per heavy atom. The molecule has 7 heteroatoms. The molecule has 1 saturated heterocycles. The molecule has 2 unspecified atom stereocenters. The first-order chi connectivity index (χ1) is 7.99. The lowest BCUT2D eigenvalue weighted by atomic mass is 10.2. The number of hydrogen-bond donors (Lipinski definition) is 1. The summed E-state index contributed by atoms with van der Waals surface area (Å²) >= 11 is 3.20.